The summed E-state index contributed by atoms with van der Waals surface area (Å²) in [4.78, 5) is 17.5. The van der Waals surface area contributed by atoms with Crippen molar-refractivity contribution in [3.63, 3.8) is 0 Å². The molecule has 0 atom stereocenters. The number of likely N-dealkylation sites (N-methyl/N-ethyl adjacent to an activating group) is 1. The number of non-ortho nitro benzene ring substituents is 1. The Morgan fingerprint density at radius 3 is 2.16 bits per heavy atom. The minimum absolute atomic E-state index is 0.125. The number of nitro groups is 1. The van der Waals surface area contributed by atoms with Crippen LogP contribution in [0.15, 0.2) is 42.5 Å². The fraction of sp³-hybridized carbons (Fsp3) is 0.455. The van der Waals surface area contributed by atoms with Gasteiger partial charge in [-0.1, -0.05) is 0 Å². The zero-order chi connectivity index (χ0) is 21.8. The SMILES string of the molecule is COc1ccc(NN2CCN(c3ccc([N+](=O)[O-])cc3)CC2)cc1N1CCN(C)CC1. The monoisotopic (exact) mass is 426 g/mol. The van der Waals surface area contributed by atoms with Crippen molar-refractivity contribution >= 4 is 22.7 Å². The molecule has 9 nitrogen and oxygen atoms in total. The van der Waals surface area contributed by atoms with Gasteiger partial charge in [0.2, 0.25) is 0 Å². The first-order valence-electron chi connectivity index (χ1n) is 10.7. The molecule has 2 fully saturated rings. The second kappa shape index (κ2) is 9.40. The first-order valence-corrected chi connectivity index (χ1v) is 10.7. The maximum absolute atomic E-state index is 10.8. The maximum atomic E-state index is 10.8. The standard InChI is InChI=1S/C22H30N6O3/c1-24-9-11-26(12-10-24)21-17-18(3-8-22(21)31-2)23-27-15-13-25(14-16-27)19-4-6-20(7-5-19)28(29)30/h3-8,17,23H,9-16H2,1-2H3. The van der Waals surface area contributed by atoms with E-state index in [1.54, 1.807) is 19.2 Å². The zero-order valence-electron chi connectivity index (χ0n) is 18.2. The van der Waals surface area contributed by atoms with Crippen LogP contribution in [-0.4, -0.2) is 81.3 Å². The van der Waals surface area contributed by atoms with Crippen molar-refractivity contribution in [2.75, 3.05) is 81.7 Å². The van der Waals surface area contributed by atoms with Crippen molar-refractivity contribution in [2.24, 2.45) is 0 Å². The number of piperazine rings is 2. The normalized spacial score (nSPS) is 18.1. The van der Waals surface area contributed by atoms with Gasteiger partial charge in [0.1, 0.15) is 5.75 Å². The lowest BCUT2D eigenvalue weighted by Gasteiger charge is -2.37. The molecule has 9 heteroatoms. The number of nitrogens with one attached hydrogen (secondary N) is 1. The number of anilines is 3. The van der Waals surface area contributed by atoms with Gasteiger partial charge in [0.25, 0.3) is 5.69 Å². The van der Waals surface area contributed by atoms with Gasteiger partial charge in [-0.05, 0) is 37.4 Å². The Labute approximate surface area is 182 Å². The molecule has 0 unspecified atom stereocenters. The highest BCUT2D eigenvalue weighted by Gasteiger charge is 2.21. The van der Waals surface area contributed by atoms with E-state index in [1.165, 1.54) is 0 Å². The summed E-state index contributed by atoms with van der Waals surface area (Å²) in [6.45, 7) is 7.49. The van der Waals surface area contributed by atoms with Crippen molar-refractivity contribution < 1.29 is 9.66 Å². The molecule has 0 bridgehead atoms. The van der Waals surface area contributed by atoms with E-state index in [0.29, 0.717) is 0 Å². The summed E-state index contributed by atoms with van der Waals surface area (Å²) in [5.74, 6) is 0.901. The van der Waals surface area contributed by atoms with Crippen LogP contribution in [0.2, 0.25) is 0 Å². The predicted molar refractivity (Wildman–Crippen MR) is 123 cm³/mol. The second-order valence-corrected chi connectivity index (χ2v) is 8.04. The fourth-order valence-electron chi connectivity index (χ4n) is 4.10. The molecule has 0 radical (unpaired) electrons. The van der Waals surface area contributed by atoms with E-state index < -0.39 is 0 Å². The number of benzene rings is 2. The van der Waals surface area contributed by atoms with Gasteiger partial charge in [-0.25, -0.2) is 5.01 Å². The first-order chi connectivity index (χ1) is 15.0. The predicted octanol–water partition coefficient (Wildman–Crippen LogP) is 2.50. The van der Waals surface area contributed by atoms with Crippen LogP contribution in [0.3, 0.4) is 0 Å². The van der Waals surface area contributed by atoms with Gasteiger partial charge in [-0.3, -0.25) is 10.1 Å². The van der Waals surface area contributed by atoms with Crippen molar-refractivity contribution in [3.05, 3.63) is 52.6 Å². The van der Waals surface area contributed by atoms with E-state index in [1.807, 2.05) is 18.2 Å². The number of rotatable bonds is 6. The van der Waals surface area contributed by atoms with Crippen LogP contribution in [-0.2, 0) is 0 Å². The van der Waals surface area contributed by atoms with Crippen molar-refractivity contribution in [3.8, 4) is 5.75 Å². The van der Waals surface area contributed by atoms with Crippen LogP contribution >= 0.6 is 0 Å². The molecule has 2 aliphatic rings. The quantitative estimate of drug-likeness (QED) is 0.558. The Morgan fingerprint density at radius 1 is 0.903 bits per heavy atom. The van der Waals surface area contributed by atoms with Crippen LogP contribution in [0.4, 0.5) is 22.7 Å². The molecule has 0 spiro atoms. The minimum Gasteiger partial charge on any atom is -0.495 e. The zero-order valence-corrected chi connectivity index (χ0v) is 18.2. The van der Waals surface area contributed by atoms with Gasteiger partial charge in [-0.15, -0.1) is 0 Å². The third-order valence-corrected chi connectivity index (χ3v) is 6.02. The highest BCUT2D eigenvalue weighted by atomic mass is 16.6. The van der Waals surface area contributed by atoms with Gasteiger partial charge >= 0.3 is 0 Å². The van der Waals surface area contributed by atoms with Crippen LogP contribution in [0.5, 0.6) is 5.75 Å². The number of ether oxygens (including phenoxy) is 1. The van der Waals surface area contributed by atoms with Gasteiger partial charge in [0.15, 0.2) is 0 Å². The fourth-order valence-corrected chi connectivity index (χ4v) is 4.10. The Morgan fingerprint density at radius 2 is 1.55 bits per heavy atom. The largest absolute Gasteiger partial charge is 0.495 e. The third kappa shape index (κ3) is 5.00. The van der Waals surface area contributed by atoms with Crippen molar-refractivity contribution in [1.29, 1.82) is 0 Å². The van der Waals surface area contributed by atoms with E-state index >= 15 is 0 Å². The molecule has 31 heavy (non-hydrogen) atoms. The molecule has 166 valence electrons. The molecule has 2 aliphatic heterocycles. The summed E-state index contributed by atoms with van der Waals surface area (Å²) in [6, 6.07) is 13.0. The van der Waals surface area contributed by atoms with Gasteiger partial charge in [-0.2, -0.15) is 0 Å². The highest BCUT2D eigenvalue weighted by molar-refractivity contribution is 5.66. The van der Waals surface area contributed by atoms with E-state index in [4.69, 9.17) is 4.74 Å². The van der Waals surface area contributed by atoms with Gasteiger partial charge < -0.3 is 24.9 Å². The lowest BCUT2D eigenvalue weighted by molar-refractivity contribution is -0.384. The lowest BCUT2D eigenvalue weighted by atomic mass is 10.2. The van der Waals surface area contributed by atoms with E-state index in [2.05, 4.69) is 44.3 Å². The summed E-state index contributed by atoms with van der Waals surface area (Å²) < 4.78 is 5.61. The molecule has 0 aliphatic carbocycles. The Hall–Kier alpha value is -3.04. The molecule has 0 saturated carbocycles. The molecule has 2 aromatic carbocycles. The lowest BCUT2D eigenvalue weighted by Crippen LogP contribution is -2.48. The van der Waals surface area contributed by atoms with Crippen LogP contribution < -0.4 is 20.0 Å². The van der Waals surface area contributed by atoms with E-state index in [9.17, 15) is 10.1 Å². The van der Waals surface area contributed by atoms with Crippen molar-refractivity contribution in [2.45, 2.75) is 0 Å². The average Bonchev–Trinajstić information content (AvgIpc) is 2.80. The average molecular weight is 427 g/mol. The summed E-state index contributed by atoms with van der Waals surface area (Å²) in [5, 5.41) is 13.1. The molecule has 1 N–H and O–H groups in total. The number of nitro benzene ring substituents is 1. The molecule has 0 aromatic heterocycles. The molecule has 0 amide bonds. The summed E-state index contributed by atoms with van der Waals surface area (Å²) in [6.07, 6.45) is 0. The highest BCUT2D eigenvalue weighted by Crippen LogP contribution is 2.32. The maximum Gasteiger partial charge on any atom is 0.269 e. The number of nitrogens with zero attached hydrogens (tertiary/aromatic N) is 5. The number of hydrazine groups is 1. The van der Waals surface area contributed by atoms with E-state index in [0.717, 1.165) is 75.2 Å². The third-order valence-electron chi connectivity index (χ3n) is 6.02. The molecule has 2 heterocycles. The Kier molecular flexibility index (Phi) is 6.43. The van der Waals surface area contributed by atoms with Crippen LogP contribution in [0, 0.1) is 10.1 Å². The number of hydrogen-bond donors (Lipinski definition) is 1. The Balaban J connectivity index is 1.37. The van der Waals surface area contributed by atoms with Gasteiger partial charge in [0, 0.05) is 70.2 Å². The van der Waals surface area contributed by atoms with Crippen LogP contribution in [0.25, 0.3) is 0 Å². The summed E-state index contributed by atoms with van der Waals surface area (Å²) >= 11 is 0. The smallest absolute Gasteiger partial charge is 0.269 e. The van der Waals surface area contributed by atoms with Crippen molar-refractivity contribution in [1.82, 2.24) is 9.91 Å². The topological polar surface area (TPSA) is 77.4 Å². The Bertz CT molecular complexity index is 891. The molecule has 2 saturated heterocycles. The molecule has 2 aromatic rings. The van der Waals surface area contributed by atoms with E-state index in [-0.39, 0.29) is 10.6 Å². The summed E-state index contributed by atoms with van der Waals surface area (Å²) in [7, 11) is 3.88. The van der Waals surface area contributed by atoms with Crippen LogP contribution in [0.1, 0.15) is 0 Å². The molecular weight excluding hydrogens is 396 g/mol. The minimum atomic E-state index is -0.364. The van der Waals surface area contributed by atoms with Gasteiger partial charge in [0.05, 0.1) is 23.4 Å². The first kappa shape index (κ1) is 21.2. The number of hydrogen-bond acceptors (Lipinski definition) is 8. The molecule has 4 rings (SSSR count). The molecular formula is C22H30N6O3. The number of methoxy groups -OCH3 is 1. The summed E-state index contributed by atoms with van der Waals surface area (Å²) in [5.41, 5.74) is 6.87. The second-order valence-electron chi connectivity index (χ2n) is 8.04.